The first-order valence-corrected chi connectivity index (χ1v) is 7.58. The average molecular weight is 346 g/mol. The fourth-order valence-electron chi connectivity index (χ4n) is 3.32. The zero-order chi connectivity index (χ0) is 13.9. The number of hydrogen-bond donors (Lipinski definition) is 2. The lowest BCUT2D eigenvalue weighted by Crippen LogP contribution is -2.40. The third kappa shape index (κ3) is 4.51. The topological polar surface area (TPSA) is 58.4 Å². The first-order valence-electron chi connectivity index (χ1n) is 7.58. The summed E-state index contributed by atoms with van der Waals surface area (Å²) in [5.41, 5.74) is 7.12. The fourth-order valence-corrected chi connectivity index (χ4v) is 3.32. The van der Waals surface area contributed by atoms with Crippen molar-refractivity contribution in [1.29, 1.82) is 0 Å². The first kappa shape index (κ1) is 19.1. The van der Waals surface area contributed by atoms with Crippen molar-refractivity contribution in [3.05, 3.63) is 30.3 Å². The van der Waals surface area contributed by atoms with Gasteiger partial charge in [0.15, 0.2) is 0 Å². The molecule has 3 rings (SSSR count). The normalized spacial score (nSPS) is 27.0. The first-order chi connectivity index (χ1) is 9.72. The van der Waals surface area contributed by atoms with E-state index in [4.69, 9.17) is 5.73 Å². The lowest BCUT2D eigenvalue weighted by molar-refractivity contribution is -0.125. The summed E-state index contributed by atoms with van der Waals surface area (Å²) < 4.78 is 0. The zero-order valence-corrected chi connectivity index (χ0v) is 14.2. The highest BCUT2D eigenvalue weighted by molar-refractivity contribution is 5.85. The number of anilines is 1. The zero-order valence-electron chi connectivity index (χ0n) is 12.6. The van der Waals surface area contributed by atoms with Crippen LogP contribution in [0.5, 0.6) is 0 Å². The number of nitrogens with two attached hydrogens (primary N) is 1. The molecule has 3 N–H and O–H groups in total. The molecule has 124 valence electrons. The molecule has 1 aliphatic carbocycles. The number of nitrogens with zero attached hydrogens (tertiary/aromatic N) is 1. The molecule has 1 aromatic rings. The van der Waals surface area contributed by atoms with Crippen molar-refractivity contribution in [2.24, 2.45) is 11.7 Å². The van der Waals surface area contributed by atoms with E-state index in [2.05, 4.69) is 34.5 Å². The Morgan fingerprint density at radius 1 is 1.14 bits per heavy atom. The molecule has 0 aromatic heterocycles. The number of nitrogens with one attached hydrogen (secondary N) is 1. The predicted octanol–water partition coefficient (Wildman–Crippen LogP) is 2.35. The van der Waals surface area contributed by atoms with Gasteiger partial charge in [0.2, 0.25) is 5.91 Å². The number of carbonyl (C=O) groups excluding carboxylic acids is 1. The van der Waals surface area contributed by atoms with E-state index in [1.807, 2.05) is 6.07 Å². The fraction of sp³-hybridized carbons (Fsp3) is 0.562. The van der Waals surface area contributed by atoms with Crippen LogP contribution in [0.4, 0.5) is 5.69 Å². The molecular weight excluding hydrogens is 321 g/mol. The molecule has 3 atom stereocenters. The standard InChI is InChI=1S/C16H23N3O.2ClH/c17-13-7-6-12(10-13)16(20)18-14-8-9-19(11-14)15-4-2-1-3-5-15;;/h1-5,12-14H,6-11,17H2,(H,18,20);2*1H. The Labute approximate surface area is 144 Å². The Morgan fingerprint density at radius 2 is 1.86 bits per heavy atom. The SMILES string of the molecule is Cl.Cl.NC1CCC(C(=O)NC2CCN(c3ccccc3)C2)C1. The maximum atomic E-state index is 12.2. The van der Waals surface area contributed by atoms with Crippen molar-refractivity contribution in [2.75, 3.05) is 18.0 Å². The predicted molar refractivity (Wildman–Crippen MR) is 95.0 cm³/mol. The van der Waals surface area contributed by atoms with Crippen molar-refractivity contribution in [3.63, 3.8) is 0 Å². The van der Waals surface area contributed by atoms with Crippen LogP contribution in [0.3, 0.4) is 0 Å². The summed E-state index contributed by atoms with van der Waals surface area (Å²) in [4.78, 5) is 14.5. The maximum absolute atomic E-state index is 12.2. The van der Waals surface area contributed by atoms with Gasteiger partial charge in [0.25, 0.3) is 0 Å². The number of halogens is 2. The summed E-state index contributed by atoms with van der Waals surface area (Å²) in [5, 5.41) is 3.20. The van der Waals surface area contributed by atoms with Crippen LogP contribution in [0.1, 0.15) is 25.7 Å². The van der Waals surface area contributed by atoms with E-state index < -0.39 is 0 Å². The molecule has 0 bridgehead atoms. The lowest BCUT2D eigenvalue weighted by Gasteiger charge is -2.20. The molecule has 22 heavy (non-hydrogen) atoms. The molecule has 0 spiro atoms. The third-order valence-corrected chi connectivity index (χ3v) is 4.50. The summed E-state index contributed by atoms with van der Waals surface area (Å²) in [7, 11) is 0. The molecule has 1 aromatic carbocycles. The molecule has 3 unspecified atom stereocenters. The summed E-state index contributed by atoms with van der Waals surface area (Å²) in [6, 6.07) is 10.9. The number of hydrogen-bond acceptors (Lipinski definition) is 3. The van der Waals surface area contributed by atoms with Gasteiger partial charge in [-0.3, -0.25) is 4.79 Å². The van der Waals surface area contributed by atoms with Gasteiger partial charge >= 0.3 is 0 Å². The highest BCUT2D eigenvalue weighted by Gasteiger charge is 2.31. The Hall–Kier alpha value is -0.970. The van der Waals surface area contributed by atoms with E-state index in [1.54, 1.807) is 0 Å². The summed E-state index contributed by atoms with van der Waals surface area (Å²) >= 11 is 0. The minimum absolute atomic E-state index is 0. The van der Waals surface area contributed by atoms with Crippen LogP contribution in [0.25, 0.3) is 0 Å². The Kier molecular flexibility index (Phi) is 7.46. The van der Waals surface area contributed by atoms with Gasteiger partial charge in [0.05, 0.1) is 0 Å². The van der Waals surface area contributed by atoms with E-state index in [9.17, 15) is 4.79 Å². The molecule has 0 radical (unpaired) electrons. The van der Waals surface area contributed by atoms with Gasteiger partial charge in [-0.25, -0.2) is 0 Å². The lowest BCUT2D eigenvalue weighted by atomic mass is 10.1. The second kappa shape index (κ2) is 8.61. The van der Waals surface area contributed by atoms with Crippen molar-refractivity contribution >= 4 is 36.4 Å². The Balaban J connectivity index is 0.00000121. The molecule has 1 saturated carbocycles. The molecule has 2 aliphatic rings. The van der Waals surface area contributed by atoms with Crippen LogP contribution in [-0.4, -0.2) is 31.1 Å². The smallest absolute Gasteiger partial charge is 0.223 e. The number of para-hydroxylation sites is 1. The van der Waals surface area contributed by atoms with E-state index in [-0.39, 0.29) is 48.7 Å². The van der Waals surface area contributed by atoms with Crippen LogP contribution in [0.2, 0.25) is 0 Å². The number of benzene rings is 1. The molecule has 1 heterocycles. The minimum atomic E-state index is 0. The van der Waals surface area contributed by atoms with Crippen LogP contribution in [-0.2, 0) is 4.79 Å². The quantitative estimate of drug-likeness (QED) is 0.883. The highest BCUT2D eigenvalue weighted by Crippen LogP contribution is 2.25. The van der Waals surface area contributed by atoms with Crippen molar-refractivity contribution in [3.8, 4) is 0 Å². The van der Waals surface area contributed by atoms with E-state index in [0.29, 0.717) is 0 Å². The molecule has 4 nitrogen and oxygen atoms in total. The van der Waals surface area contributed by atoms with Gasteiger partial charge in [0, 0.05) is 36.8 Å². The maximum Gasteiger partial charge on any atom is 0.223 e. The van der Waals surface area contributed by atoms with Crippen LogP contribution in [0.15, 0.2) is 30.3 Å². The Bertz CT molecular complexity index is 472. The molecule has 2 fully saturated rings. The molecule has 1 aliphatic heterocycles. The second-order valence-electron chi connectivity index (χ2n) is 6.05. The van der Waals surface area contributed by atoms with E-state index in [0.717, 1.165) is 38.8 Å². The number of rotatable bonds is 3. The highest BCUT2D eigenvalue weighted by atomic mass is 35.5. The van der Waals surface area contributed by atoms with Gasteiger partial charge in [-0.15, -0.1) is 24.8 Å². The molecular formula is C16H25Cl2N3O. The molecule has 1 saturated heterocycles. The average Bonchev–Trinajstić information content (AvgIpc) is 3.09. The summed E-state index contributed by atoms with van der Waals surface area (Å²) in [6.07, 6.45) is 3.81. The molecule has 1 amide bonds. The van der Waals surface area contributed by atoms with Crippen LogP contribution < -0.4 is 16.0 Å². The summed E-state index contributed by atoms with van der Waals surface area (Å²) in [5.74, 6) is 0.341. The van der Waals surface area contributed by atoms with Gasteiger partial charge in [0.1, 0.15) is 0 Å². The van der Waals surface area contributed by atoms with Gasteiger partial charge in [-0.1, -0.05) is 18.2 Å². The third-order valence-electron chi connectivity index (χ3n) is 4.50. The largest absolute Gasteiger partial charge is 0.369 e. The molecule has 6 heteroatoms. The van der Waals surface area contributed by atoms with Crippen molar-refractivity contribution < 1.29 is 4.79 Å². The van der Waals surface area contributed by atoms with Crippen molar-refractivity contribution in [2.45, 2.75) is 37.8 Å². The monoisotopic (exact) mass is 345 g/mol. The number of carbonyl (C=O) groups is 1. The summed E-state index contributed by atoms with van der Waals surface area (Å²) in [6.45, 7) is 1.92. The minimum Gasteiger partial charge on any atom is -0.369 e. The number of amides is 1. The van der Waals surface area contributed by atoms with Crippen molar-refractivity contribution in [1.82, 2.24) is 5.32 Å². The van der Waals surface area contributed by atoms with E-state index in [1.165, 1.54) is 5.69 Å². The van der Waals surface area contributed by atoms with E-state index >= 15 is 0 Å². The van der Waals surface area contributed by atoms with Crippen LogP contribution in [0, 0.1) is 5.92 Å². The van der Waals surface area contributed by atoms with Gasteiger partial charge < -0.3 is 16.0 Å². The second-order valence-corrected chi connectivity index (χ2v) is 6.05. The van der Waals surface area contributed by atoms with Gasteiger partial charge in [-0.2, -0.15) is 0 Å². The van der Waals surface area contributed by atoms with Gasteiger partial charge in [-0.05, 0) is 37.8 Å². The Morgan fingerprint density at radius 3 is 2.50 bits per heavy atom. The van der Waals surface area contributed by atoms with Crippen LogP contribution >= 0.6 is 24.8 Å².